The molecule has 1 heterocycles. The van der Waals surface area contributed by atoms with Crippen LogP contribution in [0.25, 0.3) is 0 Å². The van der Waals surface area contributed by atoms with E-state index in [1.807, 2.05) is 0 Å². The van der Waals surface area contributed by atoms with Crippen molar-refractivity contribution < 1.29 is 17.9 Å². The zero-order chi connectivity index (χ0) is 19.3. The topological polar surface area (TPSA) is 102 Å². The minimum Gasteiger partial charge on any atom is -0.478 e. The molecule has 0 bridgehead atoms. The zero-order valence-electron chi connectivity index (χ0n) is 13.7. The highest BCUT2D eigenvalue weighted by atomic mass is 35.5. The van der Waals surface area contributed by atoms with Gasteiger partial charge >= 0.3 is 0 Å². The number of methoxy groups -OCH3 is 2. The van der Waals surface area contributed by atoms with Crippen molar-refractivity contribution in [3.63, 3.8) is 0 Å². The second-order valence-electron chi connectivity index (χ2n) is 4.80. The predicted molar refractivity (Wildman–Crippen MR) is 101 cm³/mol. The fraction of sp³-hybridized carbons (Fsp3) is 0.286. The molecule has 0 saturated carbocycles. The van der Waals surface area contributed by atoms with Crippen LogP contribution in [0.4, 0.5) is 11.6 Å². The van der Waals surface area contributed by atoms with E-state index in [4.69, 9.17) is 44.3 Å². The molecular weight excluding hydrogens is 427 g/mol. The minimum atomic E-state index is -4.10. The van der Waals surface area contributed by atoms with Crippen molar-refractivity contribution in [2.24, 2.45) is 0 Å². The summed E-state index contributed by atoms with van der Waals surface area (Å²) in [5.41, 5.74) is 0. The smallest absolute Gasteiger partial charge is 0.264 e. The van der Waals surface area contributed by atoms with Gasteiger partial charge in [-0.2, -0.15) is 4.98 Å². The number of benzene rings is 1. The van der Waals surface area contributed by atoms with Gasteiger partial charge in [0.15, 0.2) is 11.0 Å². The number of sulfonamides is 1. The highest BCUT2D eigenvalue weighted by Gasteiger charge is 2.23. The van der Waals surface area contributed by atoms with Crippen molar-refractivity contribution in [2.75, 3.05) is 37.4 Å². The zero-order valence-corrected chi connectivity index (χ0v) is 16.8. The van der Waals surface area contributed by atoms with E-state index in [1.54, 1.807) is 7.11 Å². The van der Waals surface area contributed by atoms with Crippen LogP contribution < -0.4 is 14.8 Å². The molecule has 0 aliphatic carbocycles. The Hall–Kier alpha value is -1.52. The van der Waals surface area contributed by atoms with Crippen molar-refractivity contribution >= 4 is 56.5 Å². The number of nitrogens with zero attached hydrogens (tertiary/aromatic N) is 2. The molecule has 0 fully saturated rings. The third-order valence-corrected chi connectivity index (χ3v) is 5.63. The molecule has 0 unspecified atom stereocenters. The third kappa shape index (κ3) is 4.80. The summed E-state index contributed by atoms with van der Waals surface area (Å²) >= 11 is 17.9. The largest absolute Gasteiger partial charge is 0.478 e. The minimum absolute atomic E-state index is 0.0446. The number of rotatable bonds is 8. The van der Waals surface area contributed by atoms with Gasteiger partial charge in [-0.3, -0.25) is 4.72 Å². The summed E-state index contributed by atoms with van der Waals surface area (Å²) in [6.45, 7) is 0.846. The van der Waals surface area contributed by atoms with Gasteiger partial charge in [0, 0.05) is 13.7 Å². The third-order valence-electron chi connectivity index (χ3n) is 3.05. The summed E-state index contributed by atoms with van der Waals surface area (Å²) in [6, 6.07) is 4.24. The summed E-state index contributed by atoms with van der Waals surface area (Å²) in [5.74, 6) is -0.0359. The Kier molecular flexibility index (Phi) is 7.13. The highest BCUT2D eigenvalue weighted by molar-refractivity contribution is 7.92. The van der Waals surface area contributed by atoms with E-state index in [1.165, 1.54) is 25.3 Å². The molecule has 26 heavy (non-hydrogen) atoms. The van der Waals surface area contributed by atoms with Gasteiger partial charge in [0.25, 0.3) is 15.9 Å². The van der Waals surface area contributed by atoms with Gasteiger partial charge in [0.2, 0.25) is 5.82 Å². The van der Waals surface area contributed by atoms with Crippen LogP contribution in [0.3, 0.4) is 0 Å². The Morgan fingerprint density at radius 1 is 1.12 bits per heavy atom. The quantitative estimate of drug-likeness (QED) is 0.606. The first-order valence-corrected chi connectivity index (χ1v) is 9.73. The molecule has 12 heteroatoms. The van der Waals surface area contributed by atoms with E-state index in [-0.39, 0.29) is 37.6 Å². The van der Waals surface area contributed by atoms with E-state index in [0.29, 0.717) is 13.2 Å². The van der Waals surface area contributed by atoms with Crippen molar-refractivity contribution in [1.29, 1.82) is 0 Å². The molecule has 0 aliphatic rings. The van der Waals surface area contributed by atoms with E-state index in [0.717, 1.165) is 0 Å². The Morgan fingerprint density at radius 3 is 2.50 bits per heavy atom. The van der Waals surface area contributed by atoms with Gasteiger partial charge < -0.3 is 14.8 Å². The maximum absolute atomic E-state index is 12.6. The Morgan fingerprint density at radius 2 is 1.85 bits per heavy atom. The molecule has 0 aliphatic heterocycles. The molecule has 0 saturated heterocycles. The average molecular weight is 442 g/mol. The van der Waals surface area contributed by atoms with Crippen LogP contribution in [-0.4, -0.2) is 45.8 Å². The number of aromatic nitrogens is 2. The Balaban J connectivity index is 2.36. The number of hydrogen-bond donors (Lipinski definition) is 2. The van der Waals surface area contributed by atoms with Crippen LogP contribution in [0.15, 0.2) is 23.1 Å². The number of nitrogens with one attached hydrogen (secondary N) is 2. The molecule has 0 radical (unpaired) electrons. The summed E-state index contributed by atoms with van der Waals surface area (Å²) in [6.07, 6.45) is 0. The monoisotopic (exact) mass is 440 g/mol. The van der Waals surface area contributed by atoms with Gasteiger partial charge in [-0.15, -0.1) is 0 Å². The van der Waals surface area contributed by atoms with Crippen LogP contribution >= 0.6 is 34.8 Å². The lowest BCUT2D eigenvalue weighted by molar-refractivity contribution is 0.210. The lowest BCUT2D eigenvalue weighted by atomic mass is 10.4. The summed E-state index contributed by atoms with van der Waals surface area (Å²) in [5, 5.41) is 2.84. The molecule has 0 amide bonds. The molecular formula is C14H15Cl3N4O4S. The first kappa shape index (κ1) is 20.8. The normalized spacial score (nSPS) is 11.3. The van der Waals surface area contributed by atoms with Gasteiger partial charge in [-0.25, -0.2) is 13.4 Å². The average Bonchev–Trinajstić information content (AvgIpc) is 2.59. The van der Waals surface area contributed by atoms with Gasteiger partial charge in [0.1, 0.15) is 4.90 Å². The molecule has 2 N–H and O–H groups in total. The van der Waals surface area contributed by atoms with Gasteiger partial charge in [-0.1, -0.05) is 40.9 Å². The van der Waals surface area contributed by atoms with Crippen molar-refractivity contribution in [3.8, 4) is 5.88 Å². The second-order valence-corrected chi connectivity index (χ2v) is 7.59. The lowest BCUT2D eigenvalue weighted by Crippen LogP contribution is -2.17. The van der Waals surface area contributed by atoms with Crippen LogP contribution in [0, 0.1) is 0 Å². The summed E-state index contributed by atoms with van der Waals surface area (Å²) in [7, 11) is -1.23. The molecule has 0 atom stereocenters. The number of hydrogen-bond acceptors (Lipinski definition) is 7. The Bertz CT molecular complexity index is 896. The maximum Gasteiger partial charge on any atom is 0.264 e. The second kappa shape index (κ2) is 8.92. The molecule has 2 aromatic rings. The van der Waals surface area contributed by atoms with Crippen LogP contribution in [-0.2, 0) is 14.8 Å². The van der Waals surface area contributed by atoms with Crippen LogP contribution in [0.1, 0.15) is 0 Å². The number of halogens is 3. The van der Waals surface area contributed by atoms with E-state index < -0.39 is 10.0 Å². The van der Waals surface area contributed by atoms with E-state index in [2.05, 4.69) is 20.0 Å². The fourth-order valence-electron chi connectivity index (χ4n) is 1.87. The highest BCUT2D eigenvalue weighted by Crippen LogP contribution is 2.32. The Labute approximate surface area is 165 Å². The van der Waals surface area contributed by atoms with Crippen molar-refractivity contribution in [1.82, 2.24) is 9.97 Å². The van der Waals surface area contributed by atoms with E-state index in [9.17, 15) is 8.42 Å². The number of anilines is 2. The van der Waals surface area contributed by atoms with Crippen LogP contribution in [0.2, 0.25) is 15.2 Å². The molecule has 1 aromatic carbocycles. The first-order valence-electron chi connectivity index (χ1n) is 7.11. The van der Waals surface area contributed by atoms with Gasteiger partial charge in [-0.05, 0) is 12.1 Å². The predicted octanol–water partition coefficient (Wildman–Crippen LogP) is 3.30. The van der Waals surface area contributed by atoms with Crippen LogP contribution in [0.5, 0.6) is 5.88 Å². The molecule has 0 spiro atoms. The maximum atomic E-state index is 12.6. The van der Waals surface area contributed by atoms with E-state index >= 15 is 0 Å². The molecule has 142 valence electrons. The summed E-state index contributed by atoms with van der Waals surface area (Å²) < 4.78 is 37.5. The number of ether oxygens (including phenoxy) is 2. The van der Waals surface area contributed by atoms with Crippen molar-refractivity contribution in [2.45, 2.75) is 4.90 Å². The summed E-state index contributed by atoms with van der Waals surface area (Å²) in [4.78, 5) is 7.89. The molecule has 2 rings (SSSR count). The van der Waals surface area contributed by atoms with Gasteiger partial charge in [0.05, 0.1) is 23.8 Å². The lowest BCUT2D eigenvalue weighted by Gasteiger charge is -2.14. The fourth-order valence-corrected chi connectivity index (χ4v) is 3.82. The van der Waals surface area contributed by atoms with Crippen molar-refractivity contribution in [3.05, 3.63) is 33.4 Å². The standard InChI is InChI=1S/C14H15Cl3N4O4S/c1-24-7-6-18-12-11(17)19-13(14(20-12)25-2)21-26(22,23)9-5-3-4-8(15)10(9)16/h3-5H,6-7H2,1-2H3,(H,18,20)(H,19,21). The molecule has 8 nitrogen and oxygen atoms in total. The SMILES string of the molecule is COCCNc1nc(OC)c(NS(=O)(=O)c2cccc(Cl)c2Cl)nc1Cl. The first-order chi connectivity index (χ1) is 12.3. The molecule has 1 aromatic heterocycles.